The molecule has 7 nitrogen and oxygen atoms in total. The highest BCUT2D eigenvalue weighted by molar-refractivity contribution is 5.89. The molecule has 0 spiro atoms. The number of nitro benzene ring substituents is 1. The Morgan fingerprint density at radius 3 is 2.46 bits per heavy atom. The van der Waals surface area contributed by atoms with Crippen molar-refractivity contribution in [1.29, 1.82) is 0 Å². The molecule has 1 unspecified atom stereocenters. The van der Waals surface area contributed by atoms with Gasteiger partial charge in [-0.1, -0.05) is 17.7 Å². The van der Waals surface area contributed by atoms with E-state index in [2.05, 4.69) is 10.6 Å². The number of nitrogens with one attached hydrogen (secondary N) is 2. The summed E-state index contributed by atoms with van der Waals surface area (Å²) in [4.78, 5) is 22.2. The molecule has 0 aliphatic carbocycles. The summed E-state index contributed by atoms with van der Waals surface area (Å²) in [5.41, 5.74) is 2.38. The van der Waals surface area contributed by atoms with E-state index in [1.165, 1.54) is 24.3 Å². The van der Waals surface area contributed by atoms with Gasteiger partial charge in [0.2, 0.25) is 0 Å². The molecule has 0 fully saturated rings. The third kappa shape index (κ3) is 4.22. The minimum atomic E-state index is -0.490. The number of amides is 2. The highest BCUT2D eigenvalue weighted by Gasteiger charge is 2.14. The highest BCUT2D eigenvalue weighted by atomic mass is 16.6. The molecule has 2 N–H and O–H groups in total. The van der Waals surface area contributed by atoms with Crippen LogP contribution in [0.3, 0.4) is 0 Å². The Morgan fingerprint density at radius 2 is 1.88 bits per heavy atom. The quantitative estimate of drug-likeness (QED) is 0.644. The van der Waals surface area contributed by atoms with Gasteiger partial charge in [0, 0.05) is 23.4 Å². The summed E-state index contributed by atoms with van der Waals surface area (Å²) in [5.74, 6) is 0.698. The Morgan fingerprint density at radius 1 is 1.21 bits per heavy atom. The predicted octanol–water partition coefficient (Wildman–Crippen LogP) is 3.79. The zero-order valence-corrected chi connectivity index (χ0v) is 13.7. The number of urea groups is 1. The molecular weight excluding hydrogens is 310 g/mol. The summed E-state index contributed by atoms with van der Waals surface area (Å²) in [6.45, 7) is 3.82. The Balaban J connectivity index is 2.04. The van der Waals surface area contributed by atoms with Crippen molar-refractivity contribution < 1.29 is 14.5 Å². The summed E-state index contributed by atoms with van der Waals surface area (Å²) < 4.78 is 5.32. The molecule has 1 atom stereocenters. The fraction of sp³-hybridized carbons (Fsp3) is 0.235. The number of rotatable bonds is 5. The van der Waals surface area contributed by atoms with Gasteiger partial charge in [0.1, 0.15) is 5.75 Å². The van der Waals surface area contributed by atoms with E-state index in [4.69, 9.17) is 4.74 Å². The van der Waals surface area contributed by atoms with Crippen LogP contribution in [-0.4, -0.2) is 18.1 Å². The van der Waals surface area contributed by atoms with Crippen molar-refractivity contribution in [3.05, 3.63) is 63.7 Å². The first kappa shape index (κ1) is 17.3. The van der Waals surface area contributed by atoms with Gasteiger partial charge in [-0.05, 0) is 32.0 Å². The van der Waals surface area contributed by atoms with E-state index in [-0.39, 0.29) is 11.7 Å². The molecular formula is C17H19N3O4. The first-order valence-electron chi connectivity index (χ1n) is 7.37. The fourth-order valence-corrected chi connectivity index (χ4v) is 2.30. The highest BCUT2D eigenvalue weighted by Crippen LogP contribution is 2.26. The van der Waals surface area contributed by atoms with Gasteiger partial charge in [-0.15, -0.1) is 0 Å². The van der Waals surface area contributed by atoms with E-state index in [1.54, 1.807) is 7.11 Å². The normalized spacial score (nSPS) is 11.5. The number of carbonyl (C=O) groups excluding carboxylic acids is 1. The molecule has 0 saturated carbocycles. The largest absolute Gasteiger partial charge is 0.496 e. The third-order valence-electron chi connectivity index (χ3n) is 3.54. The van der Waals surface area contributed by atoms with E-state index >= 15 is 0 Å². The average molecular weight is 329 g/mol. The molecule has 24 heavy (non-hydrogen) atoms. The second-order valence-electron chi connectivity index (χ2n) is 5.37. The lowest BCUT2D eigenvalue weighted by Gasteiger charge is -2.18. The fourth-order valence-electron chi connectivity index (χ4n) is 2.30. The van der Waals surface area contributed by atoms with Gasteiger partial charge in [0.15, 0.2) is 0 Å². The lowest BCUT2D eigenvalue weighted by Crippen LogP contribution is -2.31. The Labute approximate surface area is 139 Å². The third-order valence-corrected chi connectivity index (χ3v) is 3.54. The molecule has 2 aromatic carbocycles. The first-order chi connectivity index (χ1) is 11.4. The van der Waals surface area contributed by atoms with Crippen LogP contribution < -0.4 is 15.4 Å². The number of nitro groups is 1. The van der Waals surface area contributed by atoms with Crippen LogP contribution >= 0.6 is 0 Å². The Hall–Kier alpha value is -3.09. The molecule has 2 amide bonds. The standard InChI is InChI=1S/C17H19N3O4/c1-11-4-9-16(24-3)15(10-11)12(2)18-17(21)19-13-5-7-14(8-6-13)20(22)23/h4-10,12H,1-3H3,(H2,18,19,21). The van der Waals surface area contributed by atoms with E-state index < -0.39 is 11.0 Å². The molecule has 0 aromatic heterocycles. The molecule has 0 saturated heterocycles. The number of ether oxygens (including phenoxy) is 1. The molecule has 0 aliphatic rings. The van der Waals surface area contributed by atoms with Crippen molar-refractivity contribution in [2.45, 2.75) is 19.9 Å². The zero-order valence-electron chi connectivity index (χ0n) is 13.7. The molecule has 0 aliphatic heterocycles. The van der Waals surface area contributed by atoms with Crippen LogP contribution in [0.2, 0.25) is 0 Å². The molecule has 126 valence electrons. The van der Waals surface area contributed by atoms with Crippen LogP contribution in [0.15, 0.2) is 42.5 Å². The topological polar surface area (TPSA) is 93.5 Å². The second-order valence-corrected chi connectivity index (χ2v) is 5.37. The van der Waals surface area contributed by atoms with Gasteiger partial charge in [-0.2, -0.15) is 0 Å². The number of aryl methyl sites for hydroxylation is 1. The SMILES string of the molecule is COc1ccc(C)cc1C(C)NC(=O)Nc1ccc([N+](=O)[O-])cc1. The number of hydrogen-bond donors (Lipinski definition) is 2. The van der Waals surface area contributed by atoms with Crippen molar-refractivity contribution in [3.8, 4) is 5.75 Å². The van der Waals surface area contributed by atoms with Crippen molar-refractivity contribution in [2.75, 3.05) is 12.4 Å². The van der Waals surface area contributed by atoms with Crippen molar-refractivity contribution in [1.82, 2.24) is 5.32 Å². The molecule has 7 heteroatoms. The van der Waals surface area contributed by atoms with Crippen LogP contribution in [0.1, 0.15) is 24.1 Å². The number of nitrogens with zero attached hydrogens (tertiary/aromatic N) is 1. The van der Waals surface area contributed by atoms with Crippen molar-refractivity contribution >= 4 is 17.4 Å². The van der Waals surface area contributed by atoms with E-state index in [0.717, 1.165) is 11.1 Å². The van der Waals surface area contributed by atoms with Gasteiger partial charge in [0.25, 0.3) is 5.69 Å². The zero-order chi connectivity index (χ0) is 17.7. The van der Waals surface area contributed by atoms with Crippen LogP contribution in [0.4, 0.5) is 16.2 Å². The van der Waals surface area contributed by atoms with E-state index in [9.17, 15) is 14.9 Å². The van der Waals surface area contributed by atoms with Crippen LogP contribution in [-0.2, 0) is 0 Å². The minimum Gasteiger partial charge on any atom is -0.496 e. The number of hydrogen-bond acceptors (Lipinski definition) is 4. The van der Waals surface area contributed by atoms with Crippen LogP contribution in [0, 0.1) is 17.0 Å². The number of non-ortho nitro benzene ring substituents is 1. The number of benzene rings is 2. The molecule has 2 rings (SSSR count). The van der Waals surface area contributed by atoms with Crippen LogP contribution in [0.5, 0.6) is 5.75 Å². The van der Waals surface area contributed by atoms with Gasteiger partial charge in [-0.3, -0.25) is 10.1 Å². The molecule has 0 bridgehead atoms. The average Bonchev–Trinajstić information content (AvgIpc) is 2.55. The van der Waals surface area contributed by atoms with Crippen molar-refractivity contribution in [2.24, 2.45) is 0 Å². The maximum atomic E-state index is 12.1. The van der Waals surface area contributed by atoms with E-state index in [1.807, 2.05) is 32.0 Å². The Bertz CT molecular complexity index is 744. The first-order valence-corrected chi connectivity index (χ1v) is 7.37. The van der Waals surface area contributed by atoms with Gasteiger partial charge in [0.05, 0.1) is 18.1 Å². The molecule has 0 heterocycles. The summed E-state index contributed by atoms with van der Waals surface area (Å²) in [7, 11) is 1.58. The van der Waals surface area contributed by atoms with Gasteiger partial charge < -0.3 is 15.4 Å². The van der Waals surface area contributed by atoms with Crippen LogP contribution in [0.25, 0.3) is 0 Å². The van der Waals surface area contributed by atoms with E-state index in [0.29, 0.717) is 11.4 Å². The monoisotopic (exact) mass is 329 g/mol. The molecule has 0 radical (unpaired) electrons. The lowest BCUT2D eigenvalue weighted by molar-refractivity contribution is -0.384. The Kier molecular flexibility index (Phi) is 5.36. The minimum absolute atomic E-state index is 0.0289. The lowest BCUT2D eigenvalue weighted by atomic mass is 10.0. The predicted molar refractivity (Wildman–Crippen MR) is 91.4 cm³/mol. The second kappa shape index (κ2) is 7.45. The maximum Gasteiger partial charge on any atom is 0.319 e. The van der Waals surface area contributed by atoms with Gasteiger partial charge >= 0.3 is 6.03 Å². The number of methoxy groups -OCH3 is 1. The van der Waals surface area contributed by atoms with Crippen molar-refractivity contribution in [3.63, 3.8) is 0 Å². The number of carbonyl (C=O) groups is 1. The maximum absolute atomic E-state index is 12.1. The summed E-state index contributed by atoms with van der Waals surface area (Å²) in [5, 5.41) is 16.1. The smallest absolute Gasteiger partial charge is 0.319 e. The molecule has 2 aromatic rings. The summed E-state index contributed by atoms with van der Waals surface area (Å²) in [6.07, 6.45) is 0. The summed E-state index contributed by atoms with van der Waals surface area (Å²) in [6, 6.07) is 10.7. The van der Waals surface area contributed by atoms with Gasteiger partial charge in [-0.25, -0.2) is 4.79 Å². The number of anilines is 1. The summed E-state index contributed by atoms with van der Waals surface area (Å²) >= 11 is 0.